The van der Waals surface area contributed by atoms with E-state index in [1.165, 1.54) is 7.11 Å². The lowest BCUT2D eigenvalue weighted by Crippen LogP contribution is -2.18. The summed E-state index contributed by atoms with van der Waals surface area (Å²) < 4.78 is 48.4. The number of benzene rings is 2. The summed E-state index contributed by atoms with van der Waals surface area (Å²) in [6.45, 7) is 0. The third-order valence-corrected chi connectivity index (χ3v) is 4.21. The van der Waals surface area contributed by atoms with E-state index in [-0.39, 0.29) is 28.0 Å². The summed E-state index contributed by atoms with van der Waals surface area (Å²) in [5.41, 5.74) is -0.316. The Labute approximate surface area is 162 Å². The van der Waals surface area contributed by atoms with Crippen LogP contribution in [0.2, 0.25) is 10.0 Å². The van der Waals surface area contributed by atoms with Crippen molar-refractivity contribution in [3.05, 3.63) is 57.6 Å². The van der Waals surface area contributed by atoms with Gasteiger partial charge in [0.1, 0.15) is 11.1 Å². The van der Waals surface area contributed by atoms with Gasteiger partial charge >= 0.3 is 12.1 Å². The highest BCUT2D eigenvalue weighted by Crippen LogP contribution is 2.41. The SMILES string of the molecule is COC(=O)C(Cl)Cc1cccc(Oc2c(Cl)cc(C(F)(F)F)cc2Cl)c1. The van der Waals surface area contributed by atoms with Crippen molar-refractivity contribution in [2.24, 2.45) is 0 Å². The molecule has 26 heavy (non-hydrogen) atoms. The summed E-state index contributed by atoms with van der Waals surface area (Å²) in [7, 11) is 1.23. The quantitative estimate of drug-likeness (QED) is 0.425. The van der Waals surface area contributed by atoms with Gasteiger partial charge in [0.2, 0.25) is 0 Å². The molecule has 0 aliphatic heterocycles. The van der Waals surface area contributed by atoms with Crippen LogP contribution in [0.3, 0.4) is 0 Å². The molecular weight excluding hydrogens is 416 g/mol. The second kappa shape index (κ2) is 8.37. The van der Waals surface area contributed by atoms with E-state index in [2.05, 4.69) is 4.74 Å². The normalized spacial score (nSPS) is 12.6. The fourth-order valence-corrected chi connectivity index (χ4v) is 2.92. The number of ether oxygens (including phenoxy) is 2. The minimum absolute atomic E-state index is 0.103. The largest absolute Gasteiger partial charge is 0.468 e. The van der Waals surface area contributed by atoms with E-state index in [0.29, 0.717) is 5.56 Å². The monoisotopic (exact) mass is 426 g/mol. The molecule has 1 atom stereocenters. The lowest BCUT2D eigenvalue weighted by atomic mass is 10.1. The highest BCUT2D eigenvalue weighted by atomic mass is 35.5. The minimum Gasteiger partial charge on any atom is -0.468 e. The van der Waals surface area contributed by atoms with Gasteiger partial charge in [-0.25, -0.2) is 0 Å². The van der Waals surface area contributed by atoms with Crippen molar-refractivity contribution < 1.29 is 27.4 Å². The van der Waals surface area contributed by atoms with Gasteiger partial charge < -0.3 is 9.47 Å². The molecule has 0 radical (unpaired) electrons. The van der Waals surface area contributed by atoms with E-state index in [9.17, 15) is 18.0 Å². The molecule has 2 aromatic rings. The summed E-state index contributed by atoms with van der Waals surface area (Å²) in [5.74, 6) is -0.402. The van der Waals surface area contributed by atoms with Crippen molar-refractivity contribution in [1.82, 2.24) is 0 Å². The number of carbonyl (C=O) groups is 1. The van der Waals surface area contributed by atoms with Crippen LogP contribution in [0.15, 0.2) is 36.4 Å². The van der Waals surface area contributed by atoms with Gasteiger partial charge in [-0.1, -0.05) is 35.3 Å². The average Bonchev–Trinajstić information content (AvgIpc) is 2.56. The van der Waals surface area contributed by atoms with Crippen LogP contribution < -0.4 is 4.74 Å². The van der Waals surface area contributed by atoms with Crippen LogP contribution >= 0.6 is 34.8 Å². The van der Waals surface area contributed by atoms with Crippen LogP contribution in [0.4, 0.5) is 13.2 Å². The number of esters is 1. The Bertz CT molecular complexity index is 786. The second-order valence-electron chi connectivity index (χ2n) is 5.21. The van der Waals surface area contributed by atoms with E-state index in [1.54, 1.807) is 24.3 Å². The first-order valence-corrected chi connectivity index (χ1v) is 8.36. The van der Waals surface area contributed by atoms with Crippen LogP contribution in [0.1, 0.15) is 11.1 Å². The van der Waals surface area contributed by atoms with Crippen molar-refractivity contribution in [3.8, 4) is 11.5 Å². The van der Waals surface area contributed by atoms with Crippen molar-refractivity contribution in [1.29, 1.82) is 0 Å². The molecule has 140 valence electrons. The first-order valence-electron chi connectivity index (χ1n) is 7.16. The molecule has 2 rings (SSSR count). The van der Waals surface area contributed by atoms with Crippen LogP contribution in [-0.4, -0.2) is 18.5 Å². The molecule has 0 N–H and O–H groups in total. The van der Waals surface area contributed by atoms with Gasteiger partial charge in [-0.15, -0.1) is 11.6 Å². The number of hydrogen-bond donors (Lipinski definition) is 0. The standard InChI is InChI=1S/C17H12Cl3F3O3/c1-25-16(24)14(20)6-9-3-2-4-11(5-9)26-15-12(18)7-10(8-13(15)19)17(21,22)23/h2-5,7-8,14H,6H2,1H3. The van der Waals surface area contributed by atoms with E-state index >= 15 is 0 Å². The fourth-order valence-electron chi connectivity index (χ4n) is 2.09. The van der Waals surface area contributed by atoms with Crippen molar-refractivity contribution in [2.45, 2.75) is 18.0 Å². The molecule has 3 nitrogen and oxygen atoms in total. The lowest BCUT2D eigenvalue weighted by molar-refractivity contribution is -0.140. The number of hydrogen-bond acceptors (Lipinski definition) is 3. The summed E-state index contributed by atoms with van der Waals surface area (Å²) in [4.78, 5) is 11.4. The molecule has 0 aliphatic carbocycles. The van der Waals surface area contributed by atoms with Gasteiger partial charge in [0.15, 0.2) is 5.75 Å². The van der Waals surface area contributed by atoms with Crippen molar-refractivity contribution in [2.75, 3.05) is 7.11 Å². The molecule has 0 aliphatic rings. The summed E-state index contributed by atoms with van der Waals surface area (Å²) in [6, 6.07) is 7.95. The van der Waals surface area contributed by atoms with E-state index in [0.717, 1.165) is 12.1 Å². The zero-order valence-corrected chi connectivity index (χ0v) is 15.5. The Morgan fingerprint density at radius 3 is 2.31 bits per heavy atom. The maximum absolute atomic E-state index is 12.8. The van der Waals surface area contributed by atoms with Gasteiger partial charge in [0, 0.05) is 0 Å². The third kappa shape index (κ3) is 5.19. The zero-order chi connectivity index (χ0) is 19.5. The van der Waals surface area contributed by atoms with Crippen molar-refractivity contribution >= 4 is 40.8 Å². The molecule has 0 saturated heterocycles. The third-order valence-electron chi connectivity index (χ3n) is 3.32. The summed E-state index contributed by atoms with van der Waals surface area (Å²) >= 11 is 17.7. The number of carbonyl (C=O) groups excluding carboxylic acids is 1. The highest BCUT2D eigenvalue weighted by Gasteiger charge is 2.32. The van der Waals surface area contributed by atoms with E-state index < -0.39 is 23.1 Å². The average molecular weight is 428 g/mol. The van der Waals surface area contributed by atoms with Gasteiger partial charge in [-0.2, -0.15) is 13.2 Å². The Hall–Kier alpha value is -1.63. The first-order chi connectivity index (χ1) is 12.1. The predicted octanol–water partition coefficient (Wildman–Crippen LogP) is 6.13. The number of rotatable bonds is 5. The molecule has 0 bridgehead atoms. The highest BCUT2D eigenvalue weighted by molar-refractivity contribution is 6.37. The molecule has 0 aromatic heterocycles. The van der Waals surface area contributed by atoms with Gasteiger partial charge in [0.25, 0.3) is 0 Å². The topological polar surface area (TPSA) is 35.5 Å². The smallest absolute Gasteiger partial charge is 0.416 e. The predicted molar refractivity (Wildman–Crippen MR) is 93.3 cm³/mol. The number of halogens is 6. The second-order valence-corrected chi connectivity index (χ2v) is 6.55. The molecule has 2 aromatic carbocycles. The van der Waals surface area contributed by atoms with Gasteiger partial charge in [-0.05, 0) is 36.2 Å². The lowest BCUT2D eigenvalue weighted by Gasteiger charge is -2.14. The van der Waals surface area contributed by atoms with Crippen LogP contribution in [-0.2, 0) is 22.1 Å². The molecule has 0 heterocycles. The Kier molecular flexibility index (Phi) is 6.66. The minimum atomic E-state index is -4.57. The molecular formula is C17H12Cl3F3O3. The summed E-state index contributed by atoms with van der Waals surface area (Å²) in [6.07, 6.45) is -4.39. The fraction of sp³-hybridized carbons (Fsp3) is 0.235. The maximum Gasteiger partial charge on any atom is 0.416 e. The Morgan fingerprint density at radius 2 is 1.77 bits per heavy atom. The van der Waals surface area contributed by atoms with Gasteiger partial charge in [-0.3, -0.25) is 4.79 Å². The molecule has 9 heteroatoms. The zero-order valence-electron chi connectivity index (χ0n) is 13.2. The van der Waals surface area contributed by atoms with Crippen molar-refractivity contribution in [3.63, 3.8) is 0 Å². The van der Waals surface area contributed by atoms with Crippen LogP contribution in [0, 0.1) is 0 Å². The Balaban J connectivity index is 2.24. The summed E-state index contributed by atoms with van der Waals surface area (Å²) in [5, 5.41) is -1.44. The maximum atomic E-state index is 12.8. The number of methoxy groups -OCH3 is 1. The molecule has 0 amide bonds. The van der Waals surface area contributed by atoms with E-state index in [1.807, 2.05) is 0 Å². The molecule has 1 unspecified atom stereocenters. The van der Waals surface area contributed by atoms with Gasteiger partial charge in [0.05, 0.1) is 22.7 Å². The Morgan fingerprint density at radius 1 is 1.15 bits per heavy atom. The van der Waals surface area contributed by atoms with E-state index in [4.69, 9.17) is 39.5 Å². The molecule has 0 saturated carbocycles. The molecule has 0 fully saturated rings. The first kappa shape index (κ1) is 20.7. The van der Waals surface area contributed by atoms with Crippen LogP contribution in [0.25, 0.3) is 0 Å². The number of alkyl halides is 4. The molecule has 0 spiro atoms. The van der Waals surface area contributed by atoms with Crippen LogP contribution in [0.5, 0.6) is 11.5 Å².